The Bertz CT molecular complexity index is 462. The van der Waals surface area contributed by atoms with E-state index in [-0.39, 0.29) is 0 Å². The Kier molecular flexibility index (Phi) is 2.87. The quantitative estimate of drug-likeness (QED) is 0.770. The van der Waals surface area contributed by atoms with E-state index in [0.717, 1.165) is 12.3 Å². The standard InChI is InChI=1S/C15H19NO/c1-2-17-15-10-8-13-12-6-4-3-5-11(12)7-9-14(13)16-15/h8,10H,2-7,9H2,1H3. The first-order valence-electron chi connectivity index (χ1n) is 6.72. The van der Waals surface area contributed by atoms with E-state index in [1.165, 1.54) is 43.4 Å². The molecule has 1 heterocycles. The van der Waals surface area contributed by atoms with Gasteiger partial charge in [0.15, 0.2) is 0 Å². The predicted octanol–water partition coefficient (Wildman–Crippen LogP) is 3.75. The average Bonchev–Trinajstić information content (AvgIpc) is 2.39. The van der Waals surface area contributed by atoms with Gasteiger partial charge in [0.05, 0.1) is 12.3 Å². The van der Waals surface area contributed by atoms with E-state index in [0.29, 0.717) is 6.61 Å². The summed E-state index contributed by atoms with van der Waals surface area (Å²) >= 11 is 0. The summed E-state index contributed by atoms with van der Waals surface area (Å²) in [6.45, 7) is 2.70. The molecule has 0 spiro atoms. The largest absolute Gasteiger partial charge is 0.478 e. The molecule has 1 aromatic heterocycles. The lowest BCUT2D eigenvalue weighted by Gasteiger charge is -2.26. The number of hydrogen-bond donors (Lipinski definition) is 0. The van der Waals surface area contributed by atoms with Crippen LogP contribution in [-0.4, -0.2) is 11.6 Å². The Morgan fingerprint density at radius 3 is 2.88 bits per heavy atom. The maximum atomic E-state index is 5.48. The fourth-order valence-electron chi connectivity index (χ4n) is 3.01. The first-order valence-corrected chi connectivity index (χ1v) is 6.72. The third-order valence-corrected chi connectivity index (χ3v) is 3.81. The molecule has 0 saturated heterocycles. The van der Waals surface area contributed by atoms with Crippen LogP contribution in [0.2, 0.25) is 0 Å². The van der Waals surface area contributed by atoms with Gasteiger partial charge in [-0.25, -0.2) is 4.98 Å². The van der Waals surface area contributed by atoms with Gasteiger partial charge in [-0.05, 0) is 62.7 Å². The molecule has 2 heteroatoms. The van der Waals surface area contributed by atoms with Crippen molar-refractivity contribution in [2.24, 2.45) is 0 Å². The Balaban J connectivity index is 1.99. The maximum absolute atomic E-state index is 5.48. The number of hydrogen-bond acceptors (Lipinski definition) is 2. The van der Waals surface area contributed by atoms with Crippen LogP contribution in [0.4, 0.5) is 0 Å². The molecule has 90 valence electrons. The van der Waals surface area contributed by atoms with Gasteiger partial charge in [-0.2, -0.15) is 0 Å². The van der Waals surface area contributed by atoms with E-state index in [9.17, 15) is 0 Å². The Labute approximate surface area is 103 Å². The fraction of sp³-hybridized carbons (Fsp3) is 0.533. The van der Waals surface area contributed by atoms with E-state index < -0.39 is 0 Å². The summed E-state index contributed by atoms with van der Waals surface area (Å²) in [7, 11) is 0. The van der Waals surface area contributed by atoms with Gasteiger partial charge in [0.1, 0.15) is 0 Å². The van der Waals surface area contributed by atoms with Crippen molar-refractivity contribution in [3.05, 3.63) is 29.0 Å². The summed E-state index contributed by atoms with van der Waals surface area (Å²) in [4.78, 5) is 4.64. The number of allylic oxidation sites excluding steroid dienone is 2. The van der Waals surface area contributed by atoms with E-state index in [1.54, 1.807) is 11.1 Å². The Morgan fingerprint density at radius 2 is 2.00 bits per heavy atom. The number of aromatic nitrogens is 1. The molecule has 0 saturated carbocycles. The molecule has 0 amide bonds. The minimum absolute atomic E-state index is 0.694. The van der Waals surface area contributed by atoms with E-state index in [4.69, 9.17) is 4.74 Å². The third-order valence-electron chi connectivity index (χ3n) is 3.81. The average molecular weight is 229 g/mol. The van der Waals surface area contributed by atoms with Crippen LogP contribution in [0.25, 0.3) is 5.57 Å². The van der Waals surface area contributed by atoms with Gasteiger partial charge in [-0.1, -0.05) is 5.57 Å². The minimum atomic E-state index is 0.694. The fourth-order valence-corrected chi connectivity index (χ4v) is 3.01. The topological polar surface area (TPSA) is 22.1 Å². The van der Waals surface area contributed by atoms with Crippen molar-refractivity contribution in [1.29, 1.82) is 0 Å². The molecular formula is C15H19NO. The molecule has 0 fully saturated rings. The molecule has 0 unspecified atom stereocenters. The van der Waals surface area contributed by atoms with Crippen LogP contribution < -0.4 is 4.74 Å². The first kappa shape index (κ1) is 10.8. The van der Waals surface area contributed by atoms with Crippen LogP contribution in [0.15, 0.2) is 17.7 Å². The van der Waals surface area contributed by atoms with Gasteiger partial charge < -0.3 is 4.74 Å². The second kappa shape index (κ2) is 4.52. The monoisotopic (exact) mass is 229 g/mol. The second-order valence-corrected chi connectivity index (χ2v) is 4.87. The first-order chi connectivity index (χ1) is 8.38. The van der Waals surface area contributed by atoms with Crippen LogP contribution in [0.1, 0.15) is 50.3 Å². The zero-order valence-electron chi connectivity index (χ0n) is 10.5. The summed E-state index contributed by atoms with van der Waals surface area (Å²) in [6.07, 6.45) is 7.57. The van der Waals surface area contributed by atoms with Crippen molar-refractivity contribution < 1.29 is 4.74 Å². The highest BCUT2D eigenvalue weighted by atomic mass is 16.5. The molecular weight excluding hydrogens is 210 g/mol. The second-order valence-electron chi connectivity index (χ2n) is 4.87. The van der Waals surface area contributed by atoms with Crippen molar-refractivity contribution in [3.8, 4) is 5.88 Å². The zero-order valence-corrected chi connectivity index (χ0v) is 10.5. The van der Waals surface area contributed by atoms with Crippen LogP contribution in [0, 0.1) is 0 Å². The molecule has 0 N–H and O–H groups in total. The smallest absolute Gasteiger partial charge is 0.213 e. The van der Waals surface area contributed by atoms with Crippen LogP contribution in [0.5, 0.6) is 5.88 Å². The molecule has 2 nitrogen and oxygen atoms in total. The lowest BCUT2D eigenvalue weighted by atomic mass is 9.80. The van der Waals surface area contributed by atoms with Crippen LogP contribution in [0.3, 0.4) is 0 Å². The third kappa shape index (κ3) is 1.97. The van der Waals surface area contributed by atoms with Crippen molar-refractivity contribution in [2.45, 2.75) is 45.4 Å². The Morgan fingerprint density at radius 1 is 1.12 bits per heavy atom. The number of rotatable bonds is 2. The van der Waals surface area contributed by atoms with E-state index in [1.807, 2.05) is 13.0 Å². The lowest BCUT2D eigenvalue weighted by molar-refractivity contribution is 0.325. The van der Waals surface area contributed by atoms with Crippen molar-refractivity contribution in [1.82, 2.24) is 4.98 Å². The highest BCUT2D eigenvalue weighted by Gasteiger charge is 2.22. The van der Waals surface area contributed by atoms with Crippen molar-refractivity contribution in [2.75, 3.05) is 6.61 Å². The molecule has 0 atom stereocenters. The molecule has 0 bridgehead atoms. The molecule has 2 aliphatic carbocycles. The minimum Gasteiger partial charge on any atom is -0.478 e. The summed E-state index contributed by atoms with van der Waals surface area (Å²) in [5.74, 6) is 0.783. The molecule has 3 rings (SSSR count). The van der Waals surface area contributed by atoms with Gasteiger partial charge in [0.2, 0.25) is 5.88 Å². The number of ether oxygens (including phenoxy) is 1. The van der Waals surface area contributed by atoms with E-state index in [2.05, 4.69) is 11.1 Å². The highest BCUT2D eigenvalue weighted by molar-refractivity contribution is 5.73. The van der Waals surface area contributed by atoms with Gasteiger partial charge in [0.25, 0.3) is 0 Å². The van der Waals surface area contributed by atoms with Gasteiger partial charge in [-0.3, -0.25) is 0 Å². The number of fused-ring (bicyclic) bond motifs is 2. The lowest BCUT2D eigenvalue weighted by Crippen LogP contribution is -2.11. The number of aryl methyl sites for hydroxylation is 1. The van der Waals surface area contributed by atoms with Crippen molar-refractivity contribution in [3.63, 3.8) is 0 Å². The maximum Gasteiger partial charge on any atom is 0.213 e. The Hall–Kier alpha value is -1.31. The van der Waals surface area contributed by atoms with Gasteiger partial charge in [-0.15, -0.1) is 0 Å². The SMILES string of the molecule is CCOc1ccc2c(n1)CCC1=C2CCCC1. The van der Waals surface area contributed by atoms with Crippen LogP contribution >= 0.6 is 0 Å². The van der Waals surface area contributed by atoms with Crippen LogP contribution in [-0.2, 0) is 6.42 Å². The molecule has 0 aliphatic heterocycles. The normalized spacial score (nSPS) is 18.6. The molecule has 17 heavy (non-hydrogen) atoms. The summed E-state index contributed by atoms with van der Waals surface area (Å²) in [5, 5.41) is 0. The molecule has 2 aliphatic rings. The van der Waals surface area contributed by atoms with Gasteiger partial charge >= 0.3 is 0 Å². The van der Waals surface area contributed by atoms with E-state index >= 15 is 0 Å². The molecule has 1 aromatic rings. The molecule has 0 radical (unpaired) electrons. The highest BCUT2D eigenvalue weighted by Crippen LogP contribution is 2.39. The summed E-state index contributed by atoms with van der Waals surface area (Å²) in [6, 6.07) is 4.24. The predicted molar refractivity (Wildman–Crippen MR) is 69.1 cm³/mol. The van der Waals surface area contributed by atoms with Gasteiger partial charge in [0, 0.05) is 6.07 Å². The summed E-state index contributed by atoms with van der Waals surface area (Å²) < 4.78 is 5.48. The number of pyridine rings is 1. The summed E-state index contributed by atoms with van der Waals surface area (Å²) in [5.41, 5.74) is 5.92. The zero-order chi connectivity index (χ0) is 11.7. The number of nitrogens with zero attached hydrogens (tertiary/aromatic N) is 1. The molecule has 0 aromatic carbocycles. The van der Waals surface area contributed by atoms with Crippen molar-refractivity contribution >= 4 is 5.57 Å².